The second kappa shape index (κ2) is 16.3. The molecule has 0 unspecified atom stereocenters. The van der Waals surface area contributed by atoms with Crippen LogP contribution in [0.5, 0.6) is 0 Å². The van der Waals surface area contributed by atoms with Crippen molar-refractivity contribution in [3.63, 3.8) is 0 Å². The van der Waals surface area contributed by atoms with Crippen molar-refractivity contribution in [2.75, 3.05) is 0 Å². The first-order valence-electron chi connectivity index (χ1n) is 7.76. The van der Waals surface area contributed by atoms with Gasteiger partial charge in [0.15, 0.2) is 0 Å². The van der Waals surface area contributed by atoms with Crippen molar-refractivity contribution in [1.82, 2.24) is 0 Å². The third-order valence-corrected chi connectivity index (χ3v) is 4.30. The van der Waals surface area contributed by atoms with Gasteiger partial charge in [-0.15, -0.1) is 0 Å². The first kappa shape index (κ1) is 28.6. The molecule has 4 rings (SSSR count). The quantitative estimate of drug-likeness (QED) is 0.393. The Morgan fingerprint density at radius 1 is 0.625 bits per heavy atom. The number of rotatable bonds is 0. The van der Waals surface area contributed by atoms with Gasteiger partial charge in [0.1, 0.15) is 0 Å². The third-order valence-electron chi connectivity index (χ3n) is 4.30. The van der Waals surface area contributed by atoms with Crippen molar-refractivity contribution in [2.24, 2.45) is 0 Å². The molecule has 0 heterocycles. The Morgan fingerprint density at radius 3 is 1.29 bits per heavy atom. The fourth-order valence-electron chi connectivity index (χ4n) is 3.23. The van der Waals surface area contributed by atoms with E-state index < -0.39 is 0 Å². The summed E-state index contributed by atoms with van der Waals surface area (Å²) in [6, 6.07) is 13.4. The molecule has 0 radical (unpaired) electrons. The van der Waals surface area contributed by atoms with Crippen molar-refractivity contribution in [3.05, 3.63) is 88.4 Å². The van der Waals surface area contributed by atoms with Gasteiger partial charge in [-0.3, -0.25) is 0 Å². The van der Waals surface area contributed by atoms with Gasteiger partial charge in [0.2, 0.25) is 0 Å². The molecule has 2 aromatic carbocycles. The van der Waals surface area contributed by atoms with Crippen LogP contribution in [0.25, 0.3) is 0 Å². The van der Waals surface area contributed by atoms with E-state index in [1.54, 1.807) is 45.6 Å². The molecule has 0 N–H and O–H groups in total. The molecule has 0 fully saturated rings. The summed E-state index contributed by atoms with van der Waals surface area (Å²) in [6.07, 6.45) is 10.9. The number of hydrogen-bond acceptors (Lipinski definition) is 0. The van der Waals surface area contributed by atoms with Crippen molar-refractivity contribution < 1.29 is 23.3 Å². The van der Waals surface area contributed by atoms with E-state index in [9.17, 15) is 0 Å². The summed E-state index contributed by atoms with van der Waals surface area (Å²) in [5.41, 5.74) is 6.39. The Morgan fingerprint density at radius 2 is 0.958 bits per heavy atom. The molecule has 0 aromatic heterocycles. The van der Waals surface area contributed by atoms with Gasteiger partial charge in [-0.2, -0.15) is 46.5 Å². The van der Waals surface area contributed by atoms with Crippen LogP contribution < -0.4 is 0 Å². The van der Waals surface area contributed by atoms with E-state index in [-0.39, 0.29) is 29.7 Å². The zero-order valence-electron chi connectivity index (χ0n) is 16.3. The standard InChI is InChI=1S/2C9H11.4CH3.H2Si.Zr/c2*1-2-5-9-7-3-6-8(9)4-1;;;;;;/h2*3,6-7H,1-2,4-5H2;4*1H3;1H2;/q6*-1;;. The third kappa shape index (κ3) is 8.26. The Balaban J connectivity index is -0.000000290. The van der Waals surface area contributed by atoms with Gasteiger partial charge >= 0.3 is 30.2 Å². The van der Waals surface area contributed by atoms with Crippen LogP contribution in [0.1, 0.15) is 47.9 Å². The predicted octanol–water partition coefficient (Wildman–Crippen LogP) is 5.45. The minimum Gasteiger partial charge on any atom is -0.210 e. The van der Waals surface area contributed by atoms with Crippen LogP contribution in [0.15, 0.2) is 36.4 Å². The monoisotopic (exact) mass is 418 g/mol. The van der Waals surface area contributed by atoms with E-state index in [4.69, 9.17) is 0 Å². The van der Waals surface area contributed by atoms with Crippen molar-refractivity contribution >= 4 is 6.88 Å². The molecule has 2 aromatic rings. The number of aryl methyl sites for hydroxylation is 4. The van der Waals surface area contributed by atoms with Gasteiger partial charge < -0.3 is 29.7 Å². The summed E-state index contributed by atoms with van der Waals surface area (Å²) in [6.45, 7) is 1.95. The van der Waals surface area contributed by atoms with Crippen LogP contribution in [0.4, 0.5) is 0 Å². The minimum absolute atomic E-state index is 0. The average molecular weight is 420 g/mol. The van der Waals surface area contributed by atoms with Crippen LogP contribution in [-0.2, 0) is 49.0 Å². The Labute approximate surface area is 169 Å². The van der Waals surface area contributed by atoms with Gasteiger partial charge in [0, 0.05) is 0 Å². The van der Waals surface area contributed by atoms with E-state index in [1.807, 2.05) is 6.88 Å². The molecule has 2 aliphatic carbocycles. The second-order valence-corrected chi connectivity index (χ2v) is 5.57. The predicted molar refractivity (Wildman–Crippen MR) is 112 cm³/mol. The Hall–Kier alpha value is -0.200. The van der Waals surface area contributed by atoms with Crippen LogP contribution in [0.2, 0.25) is 0 Å². The molecule has 2 aliphatic rings. The van der Waals surface area contributed by atoms with E-state index in [1.165, 1.54) is 51.4 Å². The van der Waals surface area contributed by atoms with E-state index in [0.717, 1.165) is 0 Å². The maximum atomic E-state index is 2.26. The van der Waals surface area contributed by atoms with E-state index in [2.05, 4.69) is 36.4 Å². The van der Waals surface area contributed by atoms with Gasteiger partial charge in [-0.25, -0.2) is 12.1 Å². The molecule has 0 amide bonds. The SMILES string of the molecule is [CH3-].[CH3-].[CH3-].[CH3-].[SiH2]=[Zr].c1cc2c([cH-]1)CCCC2.c1cc2c([cH-]1)CCCC2. The molecular formula is C22H36SiZr-6. The fourth-order valence-corrected chi connectivity index (χ4v) is 3.23. The first-order chi connectivity index (χ1) is 9.93. The Kier molecular flexibility index (Phi) is 19.4. The molecule has 2 heteroatoms. The average Bonchev–Trinajstić information content (AvgIpc) is 3.18. The maximum Gasteiger partial charge on any atom is -0.0512 e. The largest absolute Gasteiger partial charge is 0.210 e. The van der Waals surface area contributed by atoms with Crippen molar-refractivity contribution in [1.29, 1.82) is 0 Å². The van der Waals surface area contributed by atoms with E-state index >= 15 is 0 Å². The zero-order chi connectivity index (χ0) is 14.2. The molecule has 24 heavy (non-hydrogen) atoms. The smallest absolute Gasteiger partial charge is 0.0512 e. The molecular weight excluding hydrogens is 384 g/mol. The topological polar surface area (TPSA) is 0 Å². The maximum absolute atomic E-state index is 2.26. The van der Waals surface area contributed by atoms with Crippen LogP contribution >= 0.6 is 0 Å². The number of hydrogen-bond donors (Lipinski definition) is 0. The Bertz CT molecular complexity index is 422. The molecule has 0 nitrogen and oxygen atoms in total. The molecule has 0 saturated heterocycles. The van der Waals surface area contributed by atoms with Gasteiger partial charge in [-0.1, -0.05) is 51.4 Å². The summed E-state index contributed by atoms with van der Waals surface area (Å²) in [5, 5.41) is 0. The van der Waals surface area contributed by atoms with Crippen LogP contribution in [0, 0.1) is 29.7 Å². The van der Waals surface area contributed by atoms with Crippen molar-refractivity contribution in [3.8, 4) is 0 Å². The number of fused-ring (bicyclic) bond motifs is 2. The fraction of sp³-hybridized carbons (Fsp3) is 0.364. The second-order valence-electron chi connectivity index (χ2n) is 5.57. The summed E-state index contributed by atoms with van der Waals surface area (Å²) in [4.78, 5) is 0. The van der Waals surface area contributed by atoms with Gasteiger partial charge in [0.25, 0.3) is 0 Å². The summed E-state index contributed by atoms with van der Waals surface area (Å²) < 4.78 is 0. The molecule has 0 spiro atoms. The molecule has 138 valence electrons. The molecule has 0 aliphatic heterocycles. The van der Waals surface area contributed by atoms with Crippen LogP contribution in [-0.4, -0.2) is 6.88 Å². The van der Waals surface area contributed by atoms with E-state index in [0.29, 0.717) is 0 Å². The molecule has 0 saturated carbocycles. The van der Waals surface area contributed by atoms with Crippen molar-refractivity contribution in [2.45, 2.75) is 51.4 Å². The van der Waals surface area contributed by atoms with Gasteiger partial charge in [0.05, 0.1) is 0 Å². The summed E-state index contributed by atoms with van der Waals surface area (Å²) in [7, 11) is 0. The molecule has 0 bridgehead atoms. The zero-order valence-corrected chi connectivity index (χ0v) is 20.2. The van der Waals surface area contributed by atoms with Crippen LogP contribution in [0.3, 0.4) is 0 Å². The first-order valence-corrected chi connectivity index (χ1v) is 13.7. The molecule has 0 atom stereocenters. The minimum atomic E-state index is 0. The van der Waals surface area contributed by atoms with Gasteiger partial charge in [-0.05, 0) is 0 Å². The normalized spacial score (nSPS) is 13.1. The summed E-state index contributed by atoms with van der Waals surface area (Å²) >= 11 is 1.58. The summed E-state index contributed by atoms with van der Waals surface area (Å²) in [5.74, 6) is 0.